The number of rotatable bonds is 9. The molecule has 3 aromatic rings. The summed E-state index contributed by atoms with van der Waals surface area (Å²) in [5, 5.41) is 4.16. The summed E-state index contributed by atoms with van der Waals surface area (Å²) in [6.07, 6.45) is 4.56. The number of fused-ring (bicyclic) bond motifs is 1. The lowest BCUT2D eigenvalue weighted by atomic mass is 10.0. The Hall–Kier alpha value is -3.25. The molecule has 0 bridgehead atoms. The van der Waals surface area contributed by atoms with Crippen LogP contribution in [-0.4, -0.2) is 61.7 Å². The van der Waals surface area contributed by atoms with Crippen molar-refractivity contribution in [3.63, 3.8) is 0 Å². The Morgan fingerprint density at radius 3 is 2.86 bits per heavy atom. The van der Waals surface area contributed by atoms with Gasteiger partial charge in [-0.05, 0) is 43.2 Å². The third-order valence-electron chi connectivity index (χ3n) is 6.08. The Balaban J connectivity index is 1.67. The number of carbonyl (C=O) groups is 1. The van der Waals surface area contributed by atoms with Crippen LogP contribution in [0.3, 0.4) is 0 Å². The number of alkyl halides is 1. The number of carbonyl (C=O) groups excluding carboxylic acids is 1. The van der Waals surface area contributed by atoms with Gasteiger partial charge in [0.15, 0.2) is 0 Å². The van der Waals surface area contributed by atoms with Crippen LogP contribution in [0.5, 0.6) is 5.75 Å². The number of aromatic nitrogens is 2. The third-order valence-corrected chi connectivity index (χ3v) is 7.60. The molecule has 0 spiro atoms. The summed E-state index contributed by atoms with van der Waals surface area (Å²) >= 11 is 0. The second-order valence-corrected chi connectivity index (χ2v) is 9.97. The fourth-order valence-corrected chi connectivity index (χ4v) is 5.04. The van der Waals surface area contributed by atoms with E-state index in [9.17, 15) is 22.0 Å². The number of hydrogen-bond acceptors (Lipinski definition) is 6. The van der Waals surface area contributed by atoms with E-state index in [-0.39, 0.29) is 24.8 Å². The van der Waals surface area contributed by atoms with Gasteiger partial charge in [-0.25, -0.2) is 18.0 Å². The number of amides is 1. The number of ether oxygens (including phenoxy) is 1. The molecule has 1 aliphatic heterocycles. The first-order chi connectivity index (χ1) is 16.7. The van der Waals surface area contributed by atoms with Crippen molar-refractivity contribution in [2.24, 2.45) is 0 Å². The third kappa shape index (κ3) is 5.08. The van der Waals surface area contributed by atoms with Gasteiger partial charge < -0.3 is 9.64 Å². The van der Waals surface area contributed by atoms with Crippen molar-refractivity contribution < 1.29 is 26.7 Å². The predicted molar refractivity (Wildman–Crippen MR) is 127 cm³/mol. The molecule has 9 nitrogen and oxygen atoms in total. The van der Waals surface area contributed by atoms with Gasteiger partial charge in [-0.3, -0.25) is 4.79 Å². The standard InChI is InChI=1S/C23H27F2N5O4S/c1-3-28(2)35(32,33)27-23(31)19-15-26-30-11-8-17(14-21(19)30)29-10-4-5-20(29)18-13-16(25)6-7-22(18)34-12-9-24/h6-8,11,13-15,20H,3-5,9-10,12H2,1-2H3,(H,27,31)/t20-/m1/s1. The van der Waals surface area contributed by atoms with Crippen molar-refractivity contribution in [3.05, 3.63) is 59.7 Å². The Morgan fingerprint density at radius 2 is 2.11 bits per heavy atom. The Labute approximate surface area is 202 Å². The van der Waals surface area contributed by atoms with E-state index in [0.29, 0.717) is 23.4 Å². The van der Waals surface area contributed by atoms with E-state index in [2.05, 4.69) is 14.7 Å². The molecule has 1 saturated heterocycles. The molecule has 1 aliphatic rings. The van der Waals surface area contributed by atoms with Gasteiger partial charge in [0.25, 0.3) is 5.91 Å². The number of anilines is 1. The highest BCUT2D eigenvalue weighted by Gasteiger charge is 2.30. The molecule has 0 radical (unpaired) electrons. The van der Waals surface area contributed by atoms with Gasteiger partial charge in [-0.2, -0.15) is 17.8 Å². The van der Waals surface area contributed by atoms with Gasteiger partial charge >= 0.3 is 10.2 Å². The summed E-state index contributed by atoms with van der Waals surface area (Å²) in [7, 11) is -2.61. The number of halogens is 2. The molecule has 2 aromatic heterocycles. The molecule has 3 heterocycles. The number of pyridine rings is 1. The minimum atomic E-state index is -3.98. The van der Waals surface area contributed by atoms with Crippen molar-refractivity contribution in [3.8, 4) is 5.75 Å². The molecule has 1 N–H and O–H groups in total. The SMILES string of the molecule is CCN(C)S(=O)(=O)NC(=O)c1cnn2ccc(N3CCC[C@@H]3c3cc(F)ccc3OCCF)cc12. The predicted octanol–water partition coefficient (Wildman–Crippen LogP) is 3.09. The van der Waals surface area contributed by atoms with Crippen molar-refractivity contribution in [1.29, 1.82) is 0 Å². The summed E-state index contributed by atoms with van der Waals surface area (Å²) in [6.45, 7) is 1.75. The fourth-order valence-electron chi connectivity index (χ4n) is 4.20. The Kier molecular flexibility index (Phi) is 7.22. The molecular weight excluding hydrogens is 480 g/mol. The zero-order valence-electron chi connectivity index (χ0n) is 19.4. The minimum absolute atomic E-state index is 0.105. The fraction of sp³-hybridized carbons (Fsp3) is 0.391. The maximum absolute atomic E-state index is 14.1. The van der Waals surface area contributed by atoms with E-state index in [0.717, 1.165) is 22.8 Å². The van der Waals surface area contributed by atoms with E-state index < -0.39 is 28.6 Å². The Bertz CT molecular complexity index is 1330. The molecule has 1 amide bonds. The Morgan fingerprint density at radius 1 is 1.31 bits per heavy atom. The van der Waals surface area contributed by atoms with Crippen LogP contribution in [0.2, 0.25) is 0 Å². The van der Waals surface area contributed by atoms with Gasteiger partial charge in [0.05, 0.1) is 23.3 Å². The van der Waals surface area contributed by atoms with Crippen molar-refractivity contribution in [1.82, 2.24) is 18.6 Å². The van der Waals surface area contributed by atoms with Crippen LogP contribution in [0.25, 0.3) is 5.52 Å². The van der Waals surface area contributed by atoms with E-state index in [1.165, 1.54) is 36.0 Å². The molecule has 0 unspecified atom stereocenters. The van der Waals surface area contributed by atoms with Crippen LogP contribution in [0.15, 0.2) is 42.7 Å². The molecule has 0 saturated carbocycles. The van der Waals surface area contributed by atoms with E-state index >= 15 is 0 Å². The van der Waals surface area contributed by atoms with Crippen LogP contribution >= 0.6 is 0 Å². The smallest absolute Gasteiger partial charge is 0.303 e. The van der Waals surface area contributed by atoms with Crippen LogP contribution in [0, 0.1) is 5.82 Å². The summed E-state index contributed by atoms with van der Waals surface area (Å²) in [5.74, 6) is -0.776. The lowest BCUT2D eigenvalue weighted by Gasteiger charge is -2.28. The highest BCUT2D eigenvalue weighted by molar-refractivity contribution is 7.87. The maximum Gasteiger partial charge on any atom is 0.303 e. The number of nitrogens with zero attached hydrogens (tertiary/aromatic N) is 4. The molecule has 35 heavy (non-hydrogen) atoms. The average molecular weight is 508 g/mol. The summed E-state index contributed by atoms with van der Waals surface area (Å²) < 4.78 is 61.5. The first kappa shape index (κ1) is 24.9. The van der Waals surface area contributed by atoms with Gasteiger partial charge in [-0.1, -0.05) is 6.92 Å². The summed E-state index contributed by atoms with van der Waals surface area (Å²) in [4.78, 5) is 14.8. The van der Waals surface area contributed by atoms with Crippen molar-refractivity contribution >= 4 is 27.3 Å². The van der Waals surface area contributed by atoms with Gasteiger partial charge in [0.1, 0.15) is 24.8 Å². The zero-order valence-corrected chi connectivity index (χ0v) is 20.3. The average Bonchev–Trinajstić information content (AvgIpc) is 3.49. The summed E-state index contributed by atoms with van der Waals surface area (Å²) in [6, 6.07) is 7.54. The first-order valence-electron chi connectivity index (χ1n) is 11.3. The van der Waals surface area contributed by atoms with Gasteiger partial charge in [-0.15, -0.1) is 0 Å². The quantitative estimate of drug-likeness (QED) is 0.478. The molecular formula is C23H27F2N5O4S. The highest BCUT2D eigenvalue weighted by Crippen LogP contribution is 2.40. The maximum atomic E-state index is 14.1. The van der Waals surface area contributed by atoms with E-state index in [1.807, 2.05) is 6.07 Å². The second kappa shape index (κ2) is 10.2. The van der Waals surface area contributed by atoms with Crippen LogP contribution < -0.4 is 14.4 Å². The molecule has 1 atom stereocenters. The van der Waals surface area contributed by atoms with Crippen molar-refractivity contribution in [2.45, 2.75) is 25.8 Å². The number of hydrogen-bond donors (Lipinski definition) is 1. The lowest BCUT2D eigenvalue weighted by molar-refractivity contribution is 0.0981. The van der Waals surface area contributed by atoms with Gasteiger partial charge in [0, 0.05) is 37.6 Å². The number of benzene rings is 1. The molecule has 4 rings (SSSR count). The van der Waals surface area contributed by atoms with E-state index in [4.69, 9.17) is 4.74 Å². The topological polar surface area (TPSA) is 96.2 Å². The second-order valence-electron chi connectivity index (χ2n) is 8.19. The molecule has 1 fully saturated rings. The van der Waals surface area contributed by atoms with Crippen molar-refractivity contribution in [2.75, 3.05) is 38.3 Å². The van der Waals surface area contributed by atoms with Gasteiger partial charge in [0.2, 0.25) is 0 Å². The van der Waals surface area contributed by atoms with E-state index in [1.54, 1.807) is 19.2 Å². The molecule has 188 valence electrons. The first-order valence-corrected chi connectivity index (χ1v) is 12.7. The highest BCUT2D eigenvalue weighted by atomic mass is 32.2. The minimum Gasteiger partial charge on any atom is -0.490 e. The normalized spacial score (nSPS) is 16.3. The lowest BCUT2D eigenvalue weighted by Crippen LogP contribution is -2.41. The summed E-state index contributed by atoms with van der Waals surface area (Å²) in [5.41, 5.74) is 1.90. The van der Waals surface area contributed by atoms with Crippen LogP contribution in [0.1, 0.15) is 41.7 Å². The largest absolute Gasteiger partial charge is 0.490 e. The molecule has 1 aromatic carbocycles. The van der Waals surface area contributed by atoms with Crippen LogP contribution in [0.4, 0.5) is 14.5 Å². The van der Waals surface area contributed by atoms with Crippen LogP contribution in [-0.2, 0) is 10.2 Å². The zero-order chi connectivity index (χ0) is 25.2. The monoisotopic (exact) mass is 507 g/mol. The molecule has 0 aliphatic carbocycles. The molecule has 12 heteroatoms. The number of nitrogens with one attached hydrogen (secondary N) is 1.